The van der Waals surface area contributed by atoms with Crippen molar-refractivity contribution in [2.75, 3.05) is 26.3 Å². The van der Waals surface area contributed by atoms with Crippen molar-refractivity contribution in [2.45, 2.75) is 17.7 Å². The molecule has 2 unspecified atom stereocenters. The molecule has 0 spiro atoms. The summed E-state index contributed by atoms with van der Waals surface area (Å²) in [6, 6.07) is -0.0918. The Kier molecular flexibility index (Phi) is 8.21. The molecule has 0 aromatic rings. The van der Waals surface area contributed by atoms with Crippen LogP contribution in [0.1, 0.15) is 6.42 Å². The Labute approximate surface area is 136 Å². The van der Waals surface area contributed by atoms with Gasteiger partial charge >= 0.3 is 12.2 Å². The molecule has 0 bridgehead atoms. The molecule has 1 aliphatic rings. The van der Waals surface area contributed by atoms with Gasteiger partial charge in [0.2, 0.25) is 0 Å². The Hall–Kier alpha value is -1.89. The highest BCUT2D eigenvalue weighted by Gasteiger charge is 2.32. The first kappa shape index (κ1) is 18.2. The molecule has 7 heteroatoms. The highest BCUT2D eigenvalue weighted by molar-refractivity contribution is 7.81. The van der Waals surface area contributed by atoms with Gasteiger partial charge in [0.05, 0.1) is 6.04 Å². The fourth-order valence-electron chi connectivity index (χ4n) is 2.00. The average molecular weight is 326 g/mol. The van der Waals surface area contributed by atoms with Gasteiger partial charge in [-0.3, -0.25) is 0 Å². The van der Waals surface area contributed by atoms with E-state index in [0.717, 1.165) is 6.42 Å². The predicted molar refractivity (Wildman–Crippen MR) is 88.1 cm³/mol. The summed E-state index contributed by atoms with van der Waals surface area (Å²) in [6.45, 7) is 8.16. The molecule has 22 heavy (non-hydrogen) atoms. The smallest absolute Gasteiger partial charge is 0.410 e. The quantitative estimate of drug-likeness (QED) is 0.556. The number of nitrogens with zero attached hydrogens (tertiary/aromatic N) is 1. The molecule has 0 radical (unpaired) electrons. The minimum atomic E-state index is -0.509. The van der Waals surface area contributed by atoms with Gasteiger partial charge < -0.3 is 19.7 Å². The minimum absolute atomic E-state index is 0.0918. The SMILES string of the molecule is C=CCOC(=O)NC/C=C\C1CC(S)CN1C(=O)OCC=C. The third kappa shape index (κ3) is 6.26. The van der Waals surface area contributed by atoms with Gasteiger partial charge in [-0.1, -0.05) is 37.5 Å². The number of nitrogens with one attached hydrogen (secondary N) is 1. The number of carbonyl (C=O) groups excluding carboxylic acids is 2. The largest absolute Gasteiger partial charge is 0.445 e. The fraction of sp³-hybridized carbons (Fsp3) is 0.467. The van der Waals surface area contributed by atoms with Crippen molar-refractivity contribution in [3.05, 3.63) is 37.5 Å². The maximum Gasteiger partial charge on any atom is 0.410 e. The van der Waals surface area contributed by atoms with E-state index >= 15 is 0 Å². The van der Waals surface area contributed by atoms with Gasteiger partial charge in [-0.2, -0.15) is 12.6 Å². The van der Waals surface area contributed by atoms with Crippen LogP contribution in [-0.2, 0) is 9.47 Å². The van der Waals surface area contributed by atoms with Crippen molar-refractivity contribution in [1.82, 2.24) is 10.2 Å². The lowest BCUT2D eigenvalue weighted by Gasteiger charge is -2.21. The third-order valence-electron chi connectivity index (χ3n) is 2.94. The summed E-state index contributed by atoms with van der Waals surface area (Å²) >= 11 is 4.41. The Morgan fingerprint density at radius 2 is 1.95 bits per heavy atom. The van der Waals surface area contributed by atoms with Crippen molar-refractivity contribution in [3.63, 3.8) is 0 Å². The van der Waals surface area contributed by atoms with Gasteiger partial charge in [-0.15, -0.1) is 0 Å². The molecule has 1 rings (SSSR count). The zero-order valence-electron chi connectivity index (χ0n) is 12.4. The number of hydrogen-bond acceptors (Lipinski definition) is 5. The number of thiol groups is 1. The van der Waals surface area contributed by atoms with Crippen molar-refractivity contribution >= 4 is 24.8 Å². The van der Waals surface area contributed by atoms with Crippen molar-refractivity contribution < 1.29 is 19.1 Å². The van der Waals surface area contributed by atoms with Crippen LogP contribution < -0.4 is 5.32 Å². The van der Waals surface area contributed by atoms with Crippen LogP contribution in [0.25, 0.3) is 0 Å². The van der Waals surface area contributed by atoms with E-state index in [0.29, 0.717) is 13.1 Å². The van der Waals surface area contributed by atoms with E-state index in [1.54, 1.807) is 11.0 Å². The monoisotopic (exact) mass is 326 g/mol. The Morgan fingerprint density at radius 1 is 1.27 bits per heavy atom. The second-order valence-electron chi connectivity index (χ2n) is 4.67. The molecular weight excluding hydrogens is 304 g/mol. The molecule has 1 heterocycles. The zero-order chi connectivity index (χ0) is 16.4. The van der Waals surface area contributed by atoms with E-state index in [1.165, 1.54) is 12.2 Å². The van der Waals surface area contributed by atoms with Gasteiger partial charge in [-0.25, -0.2) is 9.59 Å². The normalized spacial score (nSPS) is 20.7. The van der Waals surface area contributed by atoms with E-state index in [1.807, 2.05) is 6.08 Å². The van der Waals surface area contributed by atoms with Crippen LogP contribution in [0.5, 0.6) is 0 Å². The summed E-state index contributed by atoms with van der Waals surface area (Å²) < 4.78 is 9.82. The summed E-state index contributed by atoms with van der Waals surface area (Å²) in [5.74, 6) is 0. The molecule has 0 aliphatic carbocycles. The summed E-state index contributed by atoms with van der Waals surface area (Å²) in [6.07, 6.45) is 6.50. The lowest BCUT2D eigenvalue weighted by molar-refractivity contribution is 0.114. The summed E-state index contributed by atoms with van der Waals surface area (Å²) in [5.41, 5.74) is 0. The number of ether oxygens (including phenoxy) is 2. The molecule has 0 aromatic carbocycles. The predicted octanol–water partition coefficient (Wildman–Crippen LogP) is 2.15. The number of likely N-dealkylation sites (tertiary alicyclic amines) is 1. The summed E-state index contributed by atoms with van der Waals surface area (Å²) in [5, 5.41) is 2.68. The van der Waals surface area contributed by atoms with Gasteiger partial charge in [-0.05, 0) is 6.42 Å². The lowest BCUT2D eigenvalue weighted by Crippen LogP contribution is -2.35. The number of rotatable bonds is 7. The van der Waals surface area contributed by atoms with Gasteiger partial charge in [0.25, 0.3) is 0 Å². The molecule has 122 valence electrons. The minimum Gasteiger partial charge on any atom is -0.445 e. The maximum absolute atomic E-state index is 11.9. The molecule has 2 amide bonds. The van der Waals surface area contributed by atoms with Crippen LogP contribution in [-0.4, -0.2) is 54.7 Å². The maximum atomic E-state index is 11.9. The Morgan fingerprint density at radius 3 is 2.64 bits per heavy atom. The van der Waals surface area contributed by atoms with E-state index in [4.69, 9.17) is 9.47 Å². The Bertz CT molecular complexity index is 439. The van der Waals surface area contributed by atoms with Crippen LogP contribution in [0.2, 0.25) is 0 Å². The second-order valence-corrected chi connectivity index (χ2v) is 5.40. The van der Waals surface area contributed by atoms with Crippen LogP contribution in [0, 0.1) is 0 Å². The molecule has 1 saturated heterocycles. The zero-order valence-corrected chi connectivity index (χ0v) is 13.3. The molecule has 6 nitrogen and oxygen atoms in total. The van der Waals surface area contributed by atoms with Crippen molar-refractivity contribution in [1.29, 1.82) is 0 Å². The van der Waals surface area contributed by atoms with E-state index in [2.05, 4.69) is 31.1 Å². The Balaban J connectivity index is 2.42. The van der Waals surface area contributed by atoms with Crippen LogP contribution in [0.3, 0.4) is 0 Å². The molecule has 1 N–H and O–H groups in total. The first-order chi connectivity index (χ1) is 10.6. The molecule has 1 fully saturated rings. The van der Waals surface area contributed by atoms with Gasteiger partial charge in [0.15, 0.2) is 0 Å². The molecule has 0 aromatic heterocycles. The first-order valence-corrected chi connectivity index (χ1v) is 7.50. The van der Waals surface area contributed by atoms with Crippen molar-refractivity contribution in [3.8, 4) is 0 Å². The van der Waals surface area contributed by atoms with E-state index < -0.39 is 6.09 Å². The number of alkyl carbamates (subject to hydrolysis) is 1. The van der Waals surface area contributed by atoms with E-state index in [-0.39, 0.29) is 30.6 Å². The lowest BCUT2D eigenvalue weighted by atomic mass is 10.2. The molecular formula is C15H22N2O4S. The number of amides is 2. The van der Waals surface area contributed by atoms with E-state index in [9.17, 15) is 9.59 Å². The van der Waals surface area contributed by atoms with Gasteiger partial charge in [0, 0.05) is 18.3 Å². The van der Waals surface area contributed by atoms with Gasteiger partial charge in [0.1, 0.15) is 13.2 Å². The average Bonchev–Trinajstić information content (AvgIpc) is 2.88. The van der Waals surface area contributed by atoms with Crippen molar-refractivity contribution in [2.24, 2.45) is 0 Å². The summed E-state index contributed by atoms with van der Waals surface area (Å²) in [7, 11) is 0. The third-order valence-corrected chi connectivity index (χ3v) is 3.31. The number of carbonyl (C=O) groups is 2. The fourth-order valence-corrected chi connectivity index (χ4v) is 2.39. The van der Waals surface area contributed by atoms with Crippen LogP contribution >= 0.6 is 12.6 Å². The molecule has 2 atom stereocenters. The molecule has 1 aliphatic heterocycles. The van der Waals surface area contributed by atoms with Crippen LogP contribution in [0.15, 0.2) is 37.5 Å². The summed E-state index contributed by atoms with van der Waals surface area (Å²) in [4.78, 5) is 24.7. The second kappa shape index (κ2) is 9.94. The first-order valence-electron chi connectivity index (χ1n) is 6.99. The van der Waals surface area contributed by atoms with Crippen LogP contribution in [0.4, 0.5) is 9.59 Å². The number of hydrogen-bond donors (Lipinski definition) is 2. The molecule has 0 saturated carbocycles. The topological polar surface area (TPSA) is 67.9 Å². The highest BCUT2D eigenvalue weighted by atomic mass is 32.1. The standard InChI is InChI=1S/C15H22N2O4S/c1-3-8-20-14(18)16-7-5-6-12-10-13(22)11-17(12)15(19)21-9-4-2/h3-6,12-13,22H,1-2,7-11H2,(H,16,18)/b6-5-. The highest BCUT2D eigenvalue weighted by Crippen LogP contribution is 2.23.